The van der Waals surface area contributed by atoms with Gasteiger partial charge in [0.25, 0.3) is 5.91 Å². The first-order valence-corrected chi connectivity index (χ1v) is 8.41. The maximum Gasteiger partial charge on any atom is 0.289 e. The molecule has 0 aliphatic carbocycles. The summed E-state index contributed by atoms with van der Waals surface area (Å²) >= 11 is 1.63. The Kier molecular flexibility index (Phi) is 3.31. The molecule has 0 atom stereocenters. The lowest BCUT2D eigenvalue weighted by Gasteiger charge is -2.30. The van der Waals surface area contributed by atoms with Crippen molar-refractivity contribution < 1.29 is 9.21 Å². The van der Waals surface area contributed by atoms with Crippen LogP contribution in [0.4, 0.5) is 0 Å². The number of fused-ring (bicyclic) bond motifs is 4. The molecule has 5 heterocycles. The van der Waals surface area contributed by atoms with Gasteiger partial charge in [0.15, 0.2) is 5.76 Å². The standard InChI is InChI=1S/C16H18N2O2S/c19-16(18-9-8-17-6-3-13(18)4-7-17)15-2-1-14(20-15)12-5-10-21-11-12/h1-2,5,10-11,13H,3-4,6-9H2. The highest BCUT2D eigenvalue weighted by Crippen LogP contribution is 2.27. The van der Waals surface area contributed by atoms with E-state index >= 15 is 0 Å². The van der Waals surface area contributed by atoms with E-state index in [4.69, 9.17) is 4.42 Å². The van der Waals surface area contributed by atoms with Gasteiger partial charge in [-0.25, -0.2) is 0 Å². The van der Waals surface area contributed by atoms with Crippen molar-refractivity contribution in [3.63, 3.8) is 0 Å². The van der Waals surface area contributed by atoms with Crippen LogP contribution in [0.3, 0.4) is 0 Å². The number of nitrogens with zero attached hydrogens (tertiary/aromatic N) is 2. The second-order valence-electron chi connectivity index (χ2n) is 5.75. The van der Waals surface area contributed by atoms with Gasteiger partial charge in [0.2, 0.25) is 0 Å². The molecule has 0 aromatic carbocycles. The van der Waals surface area contributed by atoms with Crippen LogP contribution in [0.1, 0.15) is 23.4 Å². The second-order valence-corrected chi connectivity index (χ2v) is 6.53. The highest BCUT2D eigenvalue weighted by atomic mass is 32.1. The number of hydrogen-bond donors (Lipinski definition) is 0. The predicted molar refractivity (Wildman–Crippen MR) is 82.5 cm³/mol. The number of carbonyl (C=O) groups is 1. The molecule has 4 nitrogen and oxygen atoms in total. The van der Waals surface area contributed by atoms with Crippen LogP contribution < -0.4 is 0 Å². The van der Waals surface area contributed by atoms with E-state index in [0.29, 0.717) is 11.8 Å². The molecule has 2 aromatic rings. The fraction of sp³-hybridized carbons (Fsp3) is 0.438. The van der Waals surface area contributed by atoms with Crippen molar-refractivity contribution >= 4 is 17.2 Å². The average molecular weight is 302 g/mol. The highest BCUT2D eigenvalue weighted by Gasteiger charge is 2.33. The summed E-state index contributed by atoms with van der Waals surface area (Å²) in [4.78, 5) is 17.2. The number of hydrogen-bond acceptors (Lipinski definition) is 4. The van der Waals surface area contributed by atoms with Gasteiger partial charge in [0.05, 0.1) is 0 Å². The molecule has 0 N–H and O–H groups in total. The summed E-state index contributed by atoms with van der Waals surface area (Å²) in [6.07, 6.45) is 2.17. The van der Waals surface area contributed by atoms with Crippen LogP contribution in [0.2, 0.25) is 0 Å². The first kappa shape index (κ1) is 13.1. The molecule has 0 spiro atoms. The first-order chi connectivity index (χ1) is 10.3. The van der Waals surface area contributed by atoms with Gasteiger partial charge in [-0.3, -0.25) is 4.79 Å². The van der Waals surface area contributed by atoms with Gasteiger partial charge in [-0.2, -0.15) is 11.3 Å². The lowest BCUT2D eigenvalue weighted by Crippen LogP contribution is -2.41. The molecule has 0 unspecified atom stereocenters. The SMILES string of the molecule is O=C(c1ccc(-c2ccsc2)o1)N1CCN2CCC1CC2. The normalized spacial score (nSPS) is 25.0. The molecule has 3 aliphatic rings. The topological polar surface area (TPSA) is 36.7 Å². The number of piperidine rings is 1. The van der Waals surface area contributed by atoms with Gasteiger partial charge in [0, 0.05) is 43.2 Å². The summed E-state index contributed by atoms with van der Waals surface area (Å²) in [5, 5.41) is 4.05. The van der Waals surface area contributed by atoms with E-state index in [1.54, 1.807) is 11.3 Å². The summed E-state index contributed by atoms with van der Waals surface area (Å²) in [6.45, 7) is 4.04. The molecule has 3 fully saturated rings. The molecule has 0 saturated carbocycles. The van der Waals surface area contributed by atoms with Crippen LogP contribution in [-0.4, -0.2) is 47.9 Å². The number of furan rings is 1. The Balaban J connectivity index is 1.57. The maximum absolute atomic E-state index is 12.7. The Morgan fingerprint density at radius 1 is 1.14 bits per heavy atom. The Hall–Kier alpha value is -1.59. The number of amides is 1. The average Bonchev–Trinajstić information content (AvgIpc) is 3.12. The van der Waals surface area contributed by atoms with Crippen LogP contribution in [-0.2, 0) is 0 Å². The smallest absolute Gasteiger partial charge is 0.289 e. The lowest BCUT2D eigenvalue weighted by atomic mass is 10.1. The summed E-state index contributed by atoms with van der Waals surface area (Å²) in [6, 6.07) is 6.10. The molecule has 2 bridgehead atoms. The van der Waals surface area contributed by atoms with Crippen molar-refractivity contribution in [2.45, 2.75) is 18.9 Å². The first-order valence-electron chi connectivity index (χ1n) is 7.47. The van der Waals surface area contributed by atoms with Crippen molar-refractivity contribution in [1.82, 2.24) is 9.80 Å². The van der Waals surface area contributed by atoms with Crippen LogP contribution >= 0.6 is 11.3 Å². The molecule has 1 amide bonds. The van der Waals surface area contributed by atoms with E-state index < -0.39 is 0 Å². The zero-order valence-electron chi connectivity index (χ0n) is 11.8. The van der Waals surface area contributed by atoms with Gasteiger partial charge < -0.3 is 14.2 Å². The zero-order chi connectivity index (χ0) is 14.2. The minimum absolute atomic E-state index is 0.0465. The van der Waals surface area contributed by atoms with Crippen molar-refractivity contribution in [3.05, 3.63) is 34.7 Å². The summed E-state index contributed by atoms with van der Waals surface area (Å²) in [5.74, 6) is 1.30. The fourth-order valence-corrected chi connectivity index (χ4v) is 3.95. The Morgan fingerprint density at radius 3 is 2.76 bits per heavy atom. The monoisotopic (exact) mass is 302 g/mol. The largest absolute Gasteiger partial charge is 0.451 e. The molecule has 3 saturated heterocycles. The predicted octanol–water partition coefficient (Wildman–Crippen LogP) is 2.93. The molecule has 3 aliphatic heterocycles. The second kappa shape index (κ2) is 5.31. The van der Waals surface area contributed by atoms with Crippen LogP contribution in [0.15, 0.2) is 33.4 Å². The summed E-state index contributed by atoms with van der Waals surface area (Å²) in [5.41, 5.74) is 1.04. The van der Waals surface area contributed by atoms with E-state index in [9.17, 15) is 4.79 Å². The molecule has 0 radical (unpaired) electrons. The lowest BCUT2D eigenvalue weighted by molar-refractivity contribution is 0.0653. The summed E-state index contributed by atoms with van der Waals surface area (Å²) < 4.78 is 5.79. The van der Waals surface area contributed by atoms with E-state index in [2.05, 4.69) is 4.90 Å². The molecule has 5 rings (SSSR count). The van der Waals surface area contributed by atoms with Crippen molar-refractivity contribution in [2.75, 3.05) is 26.2 Å². The quantitative estimate of drug-likeness (QED) is 0.856. The van der Waals surface area contributed by atoms with Gasteiger partial charge >= 0.3 is 0 Å². The van der Waals surface area contributed by atoms with Gasteiger partial charge in [-0.15, -0.1) is 0 Å². The van der Waals surface area contributed by atoms with Crippen LogP contribution in [0.25, 0.3) is 11.3 Å². The minimum Gasteiger partial charge on any atom is -0.451 e. The summed E-state index contributed by atoms with van der Waals surface area (Å²) in [7, 11) is 0. The molecular formula is C16H18N2O2S. The van der Waals surface area contributed by atoms with Gasteiger partial charge in [-0.05, 0) is 36.4 Å². The molecule has 21 heavy (non-hydrogen) atoms. The van der Waals surface area contributed by atoms with Crippen LogP contribution in [0.5, 0.6) is 0 Å². The van der Waals surface area contributed by atoms with Crippen LogP contribution in [0, 0.1) is 0 Å². The Morgan fingerprint density at radius 2 is 2.00 bits per heavy atom. The van der Waals surface area contributed by atoms with E-state index in [-0.39, 0.29) is 5.91 Å². The highest BCUT2D eigenvalue weighted by molar-refractivity contribution is 7.08. The van der Waals surface area contributed by atoms with Gasteiger partial charge in [0.1, 0.15) is 5.76 Å². The van der Waals surface area contributed by atoms with Gasteiger partial charge in [-0.1, -0.05) is 0 Å². The Labute approximate surface area is 128 Å². The zero-order valence-corrected chi connectivity index (χ0v) is 12.6. The molecule has 5 heteroatoms. The maximum atomic E-state index is 12.7. The molecule has 110 valence electrons. The van der Waals surface area contributed by atoms with Crippen molar-refractivity contribution in [1.29, 1.82) is 0 Å². The van der Waals surface area contributed by atoms with Crippen molar-refractivity contribution in [3.8, 4) is 11.3 Å². The Bertz CT molecular complexity index is 627. The van der Waals surface area contributed by atoms with E-state index in [1.165, 1.54) is 0 Å². The third-order valence-electron chi connectivity index (χ3n) is 4.54. The molecule has 2 aromatic heterocycles. The minimum atomic E-state index is 0.0465. The number of carbonyl (C=O) groups excluding carboxylic acids is 1. The van der Waals surface area contributed by atoms with E-state index in [0.717, 1.165) is 50.3 Å². The third kappa shape index (κ3) is 2.40. The fourth-order valence-electron chi connectivity index (χ4n) is 3.31. The number of thiophene rings is 1. The third-order valence-corrected chi connectivity index (χ3v) is 5.22. The van der Waals surface area contributed by atoms with E-state index in [1.807, 2.05) is 33.9 Å². The number of rotatable bonds is 2. The van der Waals surface area contributed by atoms with Crippen molar-refractivity contribution in [2.24, 2.45) is 0 Å². The molecular weight excluding hydrogens is 284 g/mol.